The Hall–Kier alpha value is -0.990. The monoisotopic (exact) mass is 317 g/mol. The zero-order valence-corrected chi connectivity index (χ0v) is 13.6. The fourth-order valence-electron chi connectivity index (χ4n) is 2.33. The first-order valence-corrected chi connectivity index (χ1v) is 8.79. The third kappa shape index (κ3) is 4.24. The summed E-state index contributed by atoms with van der Waals surface area (Å²) in [5, 5.41) is 3.41. The maximum absolute atomic E-state index is 12.2. The van der Waals surface area contributed by atoms with E-state index in [1.807, 2.05) is 0 Å². The molecule has 120 valence electrons. The van der Waals surface area contributed by atoms with Crippen molar-refractivity contribution in [3.8, 4) is 0 Å². The van der Waals surface area contributed by atoms with Crippen LogP contribution < -0.4 is 0 Å². The van der Waals surface area contributed by atoms with Crippen LogP contribution in [0.2, 0.25) is 0 Å². The lowest BCUT2D eigenvalue weighted by Crippen LogP contribution is -2.45. The van der Waals surface area contributed by atoms with E-state index in [9.17, 15) is 8.42 Å². The number of hydrogen-bond donors (Lipinski definition) is 0. The van der Waals surface area contributed by atoms with Crippen LogP contribution in [-0.4, -0.2) is 53.9 Å². The van der Waals surface area contributed by atoms with Gasteiger partial charge >= 0.3 is 0 Å². The minimum Gasteiger partial charge on any atom is -0.376 e. The first-order chi connectivity index (χ1) is 9.89. The smallest absolute Gasteiger partial charge is 0.223 e. The van der Waals surface area contributed by atoms with E-state index in [0.717, 1.165) is 12.8 Å². The van der Waals surface area contributed by atoms with E-state index in [2.05, 4.69) is 10.1 Å². The summed E-state index contributed by atoms with van der Waals surface area (Å²) < 4.78 is 36.5. The summed E-state index contributed by atoms with van der Waals surface area (Å²) in [6, 6.07) is 0. The van der Waals surface area contributed by atoms with Crippen LogP contribution >= 0.6 is 0 Å². The van der Waals surface area contributed by atoms with E-state index in [1.165, 1.54) is 0 Å². The largest absolute Gasteiger partial charge is 0.376 e. The Morgan fingerprint density at radius 3 is 2.86 bits per heavy atom. The Morgan fingerprint density at radius 2 is 2.24 bits per heavy atom. The van der Waals surface area contributed by atoms with E-state index in [0.29, 0.717) is 37.8 Å². The van der Waals surface area contributed by atoms with Gasteiger partial charge < -0.3 is 9.26 Å². The summed E-state index contributed by atoms with van der Waals surface area (Å²) in [4.78, 5) is 4.11. The van der Waals surface area contributed by atoms with Crippen LogP contribution in [0.15, 0.2) is 4.52 Å². The van der Waals surface area contributed by atoms with Crippen molar-refractivity contribution in [2.45, 2.75) is 51.4 Å². The van der Waals surface area contributed by atoms with Gasteiger partial charge in [-0.1, -0.05) is 5.16 Å². The molecular weight excluding hydrogens is 294 g/mol. The Morgan fingerprint density at radius 1 is 1.48 bits per heavy atom. The lowest BCUT2D eigenvalue weighted by molar-refractivity contribution is 0.0197. The molecule has 0 spiro atoms. The van der Waals surface area contributed by atoms with Crippen LogP contribution in [0.4, 0.5) is 0 Å². The third-order valence-corrected chi connectivity index (χ3v) is 5.79. The van der Waals surface area contributed by atoms with Gasteiger partial charge in [0.2, 0.25) is 15.9 Å². The van der Waals surface area contributed by atoms with Crippen LogP contribution in [0, 0.1) is 6.92 Å². The van der Waals surface area contributed by atoms with Gasteiger partial charge in [-0.15, -0.1) is 0 Å². The van der Waals surface area contributed by atoms with Crippen molar-refractivity contribution in [3.05, 3.63) is 11.7 Å². The second kappa shape index (κ2) is 6.85. The topological polar surface area (TPSA) is 85.5 Å². The van der Waals surface area contributed by atoms with Crippen molar-refractivity contribution in [3.63, 3.8) is 0 Å². The summed E-state index contributed by atoms with van der Waals surface area (Å²) in [6.45, 7) is 6.65. The van der Waals surface area contributed by atoms with Crippen molar-refractivity contribution in [1.82, 2.24) is 14.4 Å². The van der Waals surface area contributed by atoms with E-state index < -0.39 is 15.3 Å². The highest BCUT2D eigenvalue weighted by molar-refractivity contribution is 7.89. The van der Waals surface area contributed by atoms with E-state index in [1.54, 1.807) is 25.1 Å². The molecule has 2 rings (SSSR count). The molecule has 1 aromatic rings. The molecule has 8 heteroatoms. The summed E-state index contributed by atoms with van der Waals surface area (Å²) in [5.74, 6) is 1.16. The fraction of sp³-hybridized carbons (Fsp3) is 0.846. The predicted octanol–water partition coefficient (Wildman–Crippen LogP) is 1.14. The lowest BCUT2D eigenvalue weighted by Gasteiger charge is -2.32. The molecule has 0 bridgehead atoms. The molecule has 2 heterocycles. The van der Waals surface area contributed by atoms with Crippen LogP contribution in [0.25, 0.3) is 0 Å². The second-order valence-corrected chi connectivity index (χ2v) is 8.06. The minimum atomic E-state index is -3.19. The van der Waals surface area contributed by atoms with Crippen molar-refractivity contribution in [2.75, 3.05) is 19.7 Å². The second-order valence-electron chi connectivity index (χ2n) is 5.57. The molecule has 7 nitrogen and oxygen atoms in total. The molecule has 1 aliphatic rings. The van der Waals surface area contributed by atoms with Crippen LogP contribution in [-0.2, 0) is 21.2 Å². The molecule has 0 aliphatic carbocycles. The normalized spacial score (nSPS) is 21.0. The summed E-state index contributed by atoms with van der Waals surface area (Å²) in [6.07, 6.45) is 2.23. The highest BCUT2D eigenvalue weighted by Gasteiger charge is 2.31. The number of aromatic nitrogens is 2. The lowest BCUT2D eigenvalue weighted by atomic mass is 10.1. The first kappa shape index (κ1) is 16.4. The SMILES string of the molecule is Cc1nc(CCOC2CCCN(S(=O)(=O)C(C)C)C2)no1. The highest BCUT2D eigenvalue weighted by atomic mass is 32.2. The van der Waals surface area contributed by atoms with Gasteiger partial charge in [-0.3, -0.25) is 0 Å². The Kier molecular flexibility index (Phi) is 5.34. The average Bonchev–Trinajstić information content (AvgIpc) is 2.84. The molecule has 1 saturated heterocycles. The van der Waals surface area contributed by atoms with E-state index >= 15 is 0 Å². The molecule has 1 fully saturated rings. The average molecular weight is 317 g/mol. The molecule has 1 aromatic heterocycles. The molecule has 0 N–H and O–H groups in total. The number of sulfonamides is 1. The molecule has 1 unspecified atom stereocenters. The Balaban J connectivity index is 1.81. The number of rotatable bonds is 6. The summed E-state index contributed by atoms with van der Waals surface area (Å²) in [5.41, 5.74) is 0. The van der Waals surface area contributed by atoms with Gasteiger partial charge in [0.15, 0.2) is 5.82 Å². The van der Waals surface area contributed by atoms with Gasteiger partial charge in [-0.05, 0) is 26.7 Å². The zero-order valence-electron chi connectivity index (χ0n) is 12.8. The van der Waals surface area contributed by atoms with Crippen molar-refractivity contribution in [2.24, 2.45) is 0 Å². The van der Waals surface area contributed by atoms with Gasteiger partial charge in [0.05, 0.1) is 18.0 Å². The third-order valence-electron chi connectivity index (χ3n) is 3.55. The van der Waals surface area contributed by atoms with Crippen molar-refractivity contribution < 1.29 is 17.7 Å². The van der Waals surface area contributed by atoms with Gasteiger partial charge in [-0.25, -0.2) is 8.42 Å². The maximum atomic E-state index is 12.2. The van der Waals surface area contributed by atoms with Crippen molar-refractivity contribution >= 4 is 10.0 Å². The number of nitrogens with zero attached hydrogens (tertiary/aromatic N) is 3. The molecule has 0 radical (unpaired) electrons. The first-order valence-electron chi connectivity index (χ1n) is 7.29. The maximum Gasteiger partial charge on any atom is 0.223 e. The number of aryl methyl sites for hydroxylation is 1. The molecule has 0 amide bonds. The van der Waals surface area contributed by atoms with Crippen LogP contribution in [0.1, 0.15) is 38.4 Å². The standard InChI is InChI=1S/C13H23N3O4S/c1-10(2)21(17,18)16-7-4-5-12(9-16)19-8-6-13-14-11(3)20-15-13/h10,12H,4-9H2,1-3H3. The van der Waals surface area contributed by atoms with Gasteiger partial charge in [-0.2, -0.15) is 9.29 Å². The predicted molar refractivity (Wildman–Crippen MR) is 77.3 cm³/mol. The number of piperidine rings is 1. The quantitative estimate of drug-likeness (QED) is 0.782. The van der Waals surface area contributed by atoms with E-state index in [4.69, 9.17) is 9.26 Å². The van der Waals surface area contributed by atoms with Gasteiger partial charge in [0, 0.05) is 26.4 Å². The molecule has 0 saturated carbocycles. The molecular formula is C13H23N3O4S. The van der Waals surface area contributed by atoms with E-state index in [-0.39, 0.29) is 6.10 Å². The number of ether oxygens (including phenoxy) is 1. The van der Waals surface area contributed by atoms with Crippen molar-refractivity contribution in [1.29, 1.82) is 0 Å². The molecule has 1 atom stereocenters. The minimum absolute atomic E-state index is 0.0553. The number of hydrogen-bond acceptors (Lipinski definition) is 6. The van der Waals surface area contributed by atoms with Gasteiger partial charge in [0.1, 0.15) is 0 Å². The van der Waals surface area contributed by atoms with Crippen LogP contribution in [0.5, 0.6) is 0 Å². The Bertz CT molecular complexity index is 556. The zero-order chi connectivity index (χ0) is 15.5. The molecule has 21 heavy (non-hydrogen) atoms. The van der Waals surface area contributed by atoms with Crippen LogP contribution in [0.3, 0.4) is 0 Å². The molecule has 0 aromatic carbocycles. The Labute approximate surface area is 125 Å². The summed E-state index contributed by atoms with van der Waals surface area (Å²) >= 11 is 0. The summed E-state index contributed by atoms with van der Waals surface area (Å²) in [7, 11) is -3.19. The highest BCUT2D eigenvalue weighted by Crippen LogP contribution is 2.19. The fourth-order valence-corrected chi connectivity index (χ4v) is 3.68. The van der Waals surface area contributed by atoms with Gasteiger partial charge in [0.25, 0.3) is 0 Å². The molecule has 1 aliphatic heterocycles.